The number of nitrogens with zero attached hydrogens (tertiary/aromatic N) is 2. The van der Waals surface area contributed by atoms with E-state index >= 15 is 4.39 Å². The Morgan fingerprint density at radius 1 is 0.920 bits per heavy atom. The number of alkyl halides is 3. The van der Waals surface area contributed by atoms with Crippen LogP contribution in [0.2, 0.25) is 5.02 Å². The van der Waals surface area contributed by atoms with E-state index in [9.17, 15) is 22.8 Å². The number of aryl methyl sites for hydroxylation is 2. The van der Waals surface area contributed by atoms with Crippen LogP contribution in [0.25, 0.3) is 22.0 Å². The first-order valence-electron chi connectivity index (χ1n) is 15.2. The molecule has 0 spiro atoms. The molecule has 268 valence electrons. The molecule has 3 aromatic carbocycles. The summed E-state index contributed by atoms with van der Waals surface area (Å²) in [6, 6.07) is 12.0. The highest BCUT2D eigenvalue weighted by atomic mass is 35.5. The molecule has 15 heteroatoms. The van der Waals surface area contributed by atoms with Crippen molar-refractivity contribution < 1.29 is 55.6 Å². The molecular formula is C35H35ClF4N2O8. The number of amides is 1. The van der Waals surface area contributed by atoms with Gasteiger partial charge in [0.15, 0.2) is 0 Å². The Morgan fingerprint density at radius 3 is 2.22 bits per heavy atom. The molecule has 0 radical (unpaired) electrons. The average Bonchev–Trinajstić information content (AvgIpc) is 3.00. The molecular weight excluding hydrogens is 688 g/mol. The summed E-state index contributed by atoms with van der Waals surface area (Å²) in [7, 11) is 1.56. The van der Waals surface area contributed by atoms with Crippen molar-refractivity contribution in [2.24, 2.45) is 0 Å². The minimum absolute atomic E-state index is 0.0471. The van der Waals surface area contributed by atoms with Crippen LogP contribution in [0, 0.1) is 19.7 Å². The second-order valence-electron chi connectivity index (χ2n) is 12.0. The lowest BCUT2D eigenvalue weighted by molar-refractivity contribution is -0.274. The number of ether oxygens (including phenoxy) is 6. The molecule has 4 aromatic rings. The molecule has 10 nitrogen and oxygen atoms in total. The van der Waals surface area contributed by atoms with Crippen LogP contribution in [0.3, 0.4) is 0 Å². The molecule has 0 aliphatic carbocycles. The van der Waals surface area contributed by atoms with Gasteiger partial charge in [-0.25, -0.2) is 14.0 Å². The van der Waals surface area contributed by atoms with Crippen LogP contribution in [0.4, 0.5) is 27.2 Å². The van der Waals surface area contributed by atoms with Gasteiger partial charge in [0.25, 0.3) is 0 Å². The second-order valence-corrected chi connectivity index (χ2v) is 12.5. The summed E-state index contributed by atoms with van der Waals surface area (Å²) in [5, 5.41) is 0.816. The second kappa shape index (κ2) is 15.7. The van der Waals surface area contributed by atoms with Crippen molar-refractivity contribution in [1.82, 2.24) is 9.88 Å². The molecule has 4 rings (SSSR count). The summed E-state index contributed by atoms with van der Waals surface area (Å²) < 4.78 is 84.1. The zero-order chi connectivity index (χ0) is 36.8. The van der Waals surface area contributed by atoms with Crippen LogP contribution in [-0.2, 0) is 14.2 Å². The summed E-state index contributed by atoms with van der Waals surface area (Å²) in [6.45, 7) is 8.33. The first-order chi connectivity index (χ1) is 23.4. The Hall–Kier alpha value is -4.98. The third kappa shape index (κ3) is 10.5. The zero-order valence-corrected chi connectivity index (χ0v) is 28.8. The van der Waals surface area contributed by atoms with E-state index in [0.717, 1.165) is 23.8 Å². The maximum Gasteiger partial charge on any atom is 0.573 e. The molecule has 1 aromatic heterocycles. The number of hydrogen-bond donors (Lipinski definition) is 0. The van der Waals surface area contributed by atoms with Gasteiger partial charge in [0, 0.05) is 46.9 Å². The van der Waals surface area contributed by atoms with E-state index in [4.69, 9.17) is 35.3 Å². The third-order valence-corrected chi connectivity index (χ3v) is 7.25. The number of fused-ring (bicyclic) bond motifs is 1. The van der Waals surface area contributed by atoms with E-state index in [1.165, 1.54) is 29.2 Å². The summed E-state index contributed by atoms with van der Waals surface area (Å²) in [4.78, 5) is 30.4. The van der Waals surface area contributed by atoms with Crippen LogP contribution < -0.4 is 14.2 Å². The minimum atomic E-state index is -4.84. The monoisotopic (exact) mass is 722 g/mol. The molecule has 1 amide bonds. The van der Waals surface area contributed by atoms with Gasteiger partial charge in [-0.2, -0.15) is 0 Å². The molecule has 0 fully saturated rings. The van der Waals surface area contributed by atoms with Crippen LogP contribution in [0.15, 0.2) is 54.6 Å². The minimum Gasteiger partial charge on any atom is -0.457 e. The molecule has 0 unspecified atom stereocenters. The molecule has 0 bridgehead atoms. The fourth-order valence-corrected chi connectivity index (χ4v) is 4.78. The van der Waals surface area contributed by atoms with E-state index < -0.39 is 42.6 Å². The largest absolute Gasteiger partial charge is 0.573 e. The van der Waals surface area contributed by atoms with Crippen LogP contribution in [0.1, 0.15) is 38.4 Å². The molecule has 50 heavy (non-hydrogen) atoms. The van der Waals surface area contributed by atoms with E-state index in [0.29, 0.717) is 28.0 Å². The topological polar surface area (TPSA) is 106 Å². The van der Waals surface area contributed by atoms with Crippen molar-refractivity contribution in [1.29, 1.82) is 0 Å². The maximum atomic E-state index is 15.7. The summed E-state index contributed by atoms with van der Waals surface area (Å²) in [5.41, 5.74) is 1.30. The number of carbonyl (C=O) groups is 2. The quantitative estimate of drug-likeness (QED) is 0.0647. The molecule has 1 heterocycles. The number of aromatic nitrogens is 1. The fraction of sp³-hybridized carbons (Fsp3) is 0.343. The van der Waals surface area contributed by atoms with Gasteiger partial charge in [-0.1, -0.05) is 11.6 Å². The summed E-state index contributed by atoms with van der Waals surface area (Å²) in [5.74, 6) is -0.832. The van der Waals surface area contributed by atoms with Crippen molar-refractivity contribution in [2.45, 2.75) is 53.0 Å². The summed E-state index contributed by atoms with van der Waals surface area (Å²) >= 11 is 6.42. The number of pyridine rings is 1. The van der Waals surface area contributed by atoms with Crippen LogP contribution >= 0.6 is 11.6 Å². The van der Waals surface area contributed by atoms with Crippen LogP contribution in [0.5, 0.6) is 23.0 Å². The SMILES string of the molecule is Cc1cc2nc(C)c(-c3ccc(Oc4ccc(OC(F)(F)F)cc4)cc3F)c(OCOC(=O)OCCCN(C)C(=O)OC(C)(C)C)c2cc1Cl. The van der Waals surface area contributed by atoms with Gasteiger partial charge in [0.05, 0.1) is 12.1 Å². The standard InChI is InChI=1S/C35H35ClF4N2O8/c1-20-16-29-26(18-27(20)36)31(46-19-47-33(44)45-15-7-14-42(6)32(43)50-34(3,4)5)30(21(2)41-29)25-13-12-24(17-28(25)37)48-22-8-10-23(11-9-22)49-35(38,39)40/h8-13,16-18H,7,14-15,19H2,1-6H3. The highest BCUT2D eigenvalue weighted by Crippen LogP contribution is 2.42. The molecule has 0 N–H and O–H groups in total. The predicted octanol–water partition coefficient (Wildman–Crippen LogP) is 9.75. The molecule has 0 aliphatic rings. The first-order valence-corrected chi connectivity index (χ1v) is 15.6. The Kier molecular flexibility index (Phi) is 11.9. The summed E-state index contributed by atoms with van der Waals surface area (Å²) in [6.07, 6.45) is -6.06. The molecule has 0 atom stereocenters. The molecule has 0 saturated carbocycles. The number of halogens is 5. The number of hydrogen-bond acceptors (Lipinski definition) is 9. The Balaban J connectivity index is 1.48. The van der Waals surface area contributed by atoms with Crippen molar-refractivity contribution >= 4 is 34.8 Å². The lowest BCUT2D eigenvalue weighted by Crippen LogP contribution is -2.35. The van der Waals surface area contributed by atoms with Crippen LogP contribution in [-0.4, -0.2) is 61.1 Å². The zero-order valence-electron chi connectivity index (χ0n) is 28.1. The Labute approximate surface area is 290 Å². The average molecular weight is 723 g/mol. The van der Waals surface area contributed by atoms with E-state index in [-0.39, 0.29) is 41.5 Å². The first kappa shape index (κ1) is 37.8. The predicted molar refractivity (Wildman–Crippen MR) is 176 cm³/mol. The third-order valence-electron chi connectivity index (χ3n) is 6.84. The highest BCUT2D eigenvalue weighted by Gasteiger charge is 2.31. The smallest absolute Gasteiger partial charge is 0.457 e. The lowest BCUT2D eigenvalue weighted by atomic mass is 9.99. The molecule has 0 aliphatic heterocycles. The van der Waals surface area contributed by atoms with E-state index in [1.54, 1.807) is 53.8 Å². The number of rotatable bonds is 11. The lowest BCUT2D eigenvalue weighted by Gasteiger charge is -2.24. The number of carbonyl (C=O) groups excluding carboxylic acids is 2. The highest BCUT2D eigenvalue weighted by molar-refractivity contribution is 6.32. The van der Waals surface area contributed by atoms with E-state index in [2.05, 4.69) is 9.72 Å². The van der Waals surface area contributed by atoms with Gasteiger partial charge in [-0.05, 0) is 95.1 Å². The van der Waals surface area contributed by atoms with Crippen molar-refractivity contribution in [3.63, 3.8) is 0 Å². The van der Waals surface area contributed by atoms with Crippen molar-refractivity contribution in [2.75, 3.05) is 27.0 Å². The number of benzene rings is 3. The molecule has 0 saturated heterocycles. The van der Waals surface area contributed by atoms with Gasteiger partial charge in [0.2, 0.25) is 6.79 Å². The van der Waals surface area contributed by atoms with Gasteiger partial charge in [-0.15, -0.1) is 13.2 Å². The fourth-order valence-electron chi connectivity index (χ4n) is 4.62. The van der Waals surface area contributed by atoms with Gasteiger partial charge >= 0.3 is 18.6 Å². The van der Waals surface area contributed by atoms with Gasteiger partial charge < -0.3 is 33.3 Å². The maximum absolute atomic E-state index is 15.7. The van der Waals surface area contributed by atoms with Gasteiger partial charge in [0.1, 0.15) is 34.4 Å². The van der Waals surface area contributed by atoms with Crippen molar-refractivity contribution in [3.8, 4) is 34.1 Å². The Morgan fingerprint density at radius 2 is 1.58 bits per heavy atom. The normalized spacial score (nSPS) is 11.6. The van der Waals surface area contributed by atoms with Crippen molar-refractivity contribution in [3.05, 3.63) is 76.7 Å². The van der Waals surface area contributed by atoms with Gasteiger partial charge in [-0.3, -0.25) is 4.98 Å². The Bertz CT molecular complexity index is 1850. The van der Waals surface area contributed by atoms with E-state index in [1.807, 2.05) is 0 Å².